The molecular weight excluding hydrogens is 264 g/mol. The summed E-state index contributed by atoms with van der Waals surface area (Å²) in [7, 11) is 4.06. The Morgan fingerprint density at radius 2 is 2.14 bits per heavy atom. The van der Waals surface area contributed by atoms with Gasteiger partial charge >= 0.3 is 0 Å². The van der Waals surface area contributed by atoms with Crippen LogP contribution in [0.5, 0.6) is 0 Å². The maximum absolute atomic E-state index is 12.6. The summed E-state index contributed by atoms with van der Waals surface area (Å²) >= 11 is 0. The average molecular weight is 288 g/mol. The fourth-order valence-corrected chi connectivity index (χ4v) is 3.28. The van der Waals surface area contributed by atoms with E-state index in [-0.39, 0.29) is 11.9 Å². The lowest BCUT2D eigenvalue weighted by atomic mass is 10.1. The van der Waals surface area contributed by atoms with Crippen molar-refractivity contribution in [3.05, 3.63) is 24.3 Å². The molecular formula is C16H24N4O. The lowest BCUT2D eigenvalue weighted by Crippen LogP contribution is -2.48. The highest BCUT2D eigenvalue weighted by Crippen LogP contribution is 2.25. The summed E-state index contributed by atoms with van der Waals surface area (Å²) in [5.74, 6) is 0.777. The predicted molar refractivity (Wildman–Crippen MR) is 85.6 cm³/mol. The number of nitrogens with one attached hydrogen (secondary N) is 2. The van der Waals surface area contributed by atoms with Gasteiger partial charge in [0.05, 0.1) is 11.4 Å². The van der Waals surface area contributed by atoms with Crippen molar-refractivity contribution in [2.24, 2.45) is 5.92 Å². The van der Waals surface area contributed by atoms with Gasteiger partial charge in [0.2, 0.25) is 5.91 Å². The third-order valence-corrected chi connectivity index (χ3v) is 4.45. The Morgan fingerprint density at radius 1 is 1.38 bits per heavy atom. The molecule has 2 unspecified atom stereocenters. The molecule has 2 N–H and O–H groups in total. The van der Waals surface area contributed by atoms with E-state index in [9.17, 15) is 4.79 Å². The van der Waals surface area contributed by atoms with Crippen molar-refractivity contribution in [3.8, 4) is 0 Å². The second-order valence-electron chi connectivity index (χ2n) is 6.26. The summed E-state index contributed by atoms with van der Waals surface area (Å²) in [6.45, 7) is 3.73. The Kier molecular flexibility index (Phi) is 4.01. The molecule has 0 aliphatic carbocycles. The zero-order valence-corrected chi connectivity index (χ0v) is 12.8. The summed E-state index contributed by atoms with van der Waals surface area (Å²) in [6, 6.07) is 7.84. The first-order valence-corrected chi connectivity index (χ1v) is 7.66. The van der Waals surface area contributed by atoms with Crippen molar-refractivity contribution in [3.63, 3.8) is 0 Å². The number of benzene rings is 1. The number of carbonyl (C=O) groups excluding carboxylic acids is 1. The number of carbonyl (C=O) groups is 1. The zero-order valence-electron chi connectivity index (χ0n) is 12.8. The maximum Gasteiger partial charge on any atom is 0.246 e. The van der Waals surface area contributed by atoms with Gasteiger partial charge in [0.1, 0.15) is 6.04 Å². The van der Waals surface area contributed by atoms with Crippen LogP contribution in [0.25, 0.3) is 0 Å². The zero-order chi connectivity index (χ0) is 14.8. The second kappa shape index (κ2) is 5.93. The molecule has 2 aliphatic rings. The Bertz CT molecular complexity index is 519. The standard InChI is InChI=1S/C16H24N4O/c1-19-8-7-12(10-19)11-20(2)16(21)15-9-17-13-5-3-4-6-14(13)18-15/h3-6,12,15,17-18H,7-11H2,1-2H3. The van der Waals surface area contributed by atoms with Crippen LogP contribution in [-0.2, 0) is 4.79 Å². The summed E-state index contributed by atoms with van der Waals surface area (Å²) in [5.41, 5.74) is 2.08. The van der Waals surface area contributed by atoms with Crippen molar-refractivity contribution in [2.45, 2.75) is 12.5 Å². The number of hydrogen-bond acceptors (Lipinski definition) is 4. The van der Waals surface area contributed by atoms with Crippen molar-refractivity contribution >= 4 is 17.3 Å². The van der Waals surface area contributed by atoms with Crippen LogP contribution in [0.15, 0.2) is 24.3 Å². The Balaban J connectivity index is 1.58. The highest BCUT2D eigenvalue weighted by molar-refractivity contribution is 5.88. The first-order valence-electron chi connectivity index (χ1n) is 7.66. The topological polar surface area (TPSA) is 47.6 Å². The van der Waals surface area contributed by atoms with Gasteiger partial charge in [0, 0.05) is 26.7 Å². The fourth-order valence-electron chi connectivity index (χ4n) is 3.28. The number of likely N-dealkylation sites (N-methyl/N-ethyl adjacent to an activating group) is 1. The van der Waals surface area contributed by atoms with E-state index < -0.39 is 0 Å². The Morgan fingerprint density at radius 3 is 2.86 bits per heavy atom. The molecule has 1 amide bonds. The number of nitrogens with zero attached hydrogens (tertiary/aromatic N) is 2. The molecule has 1 aromatic rings. The molecule has 2 heterocycles. The molecule has 2 aliphatic heterocycles. The third kappa shape index (κ3) is 3.13. The van der Waals surface area contributed by atoms with E-state index in [0.717, 1.165) is 31.0 Å². The van der Waals surface area contributed by atoms with Crippen LogP contribution in [0.2, 0.25) is 0 Å². The monoisotopic (exact) mass is 288 g/mol. The third-order valence-electron chi connectivity index (χ3n) is 4.45. The van der Waals surface area contributed by atoms with Crippen molar-refractivity contribution < 1.29 is 4.79 Å². The van der Waals surface area contributed by atoms with Crippen LogP contribution < -0.4 is 10.6 Å². The lowest BCUT2D eigenvalue weighted by Gasteiger charge is -2.31. The van der Waals surface area contributed by atoms with Crippen LogP contribution in [0.4, 0.5) is 11.4 Å². The number of rotatable bonds is 3. The molecule has 2 atom stereocenters. The highest BCUT2D eigenvalue weighted by Gasteiger charge is 2.28. The second-order valence-corrected chi connectivity index (χ2v) is 6.26. The fraction of sp³-hybridized carbons (Fsp3) is 0.562. The van der Waals surface area contributed by atoms with Gasteiger partial charge in [0.25, 0.3) is 0 Å². The molecule has 5 nitrogen and oxygen atoms in total. The van der Waals surface area contributed by atoms with E-state index in [1.54, 1.807) is 0 Å². The van der Waals surface area contributed by atoms with Gasteiger partial charge in [-0.15, -0.1) is 0 Å². The van der Waals surface area contributed by atoms with Crippen molar-refractivity contribution in [1.82, 2.24) is 9.80 Å². The first kappa shape index (κ1) is 14.2. The molecule has 21 heavy (non-hydrogen) atoms. The van der Waals surface area contributed by atoms with Gasteiger partial charge in [-0.2, -0.15) is 0 Å². The lowest BCUT2D eigenvalue weighted by molar-refractivity contribution is -0.131. The minimum absolute atomic E-state index is 0.173. The molecule has 0 saturated carbocycles. The molecule has 0 bridgehead atoms. The number of para-hydroxylation sites is 2. The SMILES string of the molecule is CN1CCC(CN(C)C(=O)C2CNc3ccccc3N2)C1. The van der Waals surface area contributed by atoms with Crippen LogP contribution in [-0.4, -0.2) is 62.0 Å². The van der Waals surface area contributed by atoms with Crippen LogP contribution in [0.1, 0.15) is 6.42 Å². The molecule has 0 spiro atoms. The maximum atomic E-state index is 12.6. The van der Waals surface area contributed by atoms with Gasteiger partial charge < -0.3 is 20.4 Å². The summed E-state index contributed by atoms with van der Waals surface area (Å²) < 4.78 is 0. The van der Waals surface area contributed by atoms with Crippen molar-refractivity contribution in [2.75, 3.05) is 50.9 Å². The molecule has 114 valence electrons. The minimum atomic E-state index is -0.177. The molecule has 0 aromatic heterocycles. The Labute approximate surface area is 126 Å². The number of likely N-dealkylation sites (tertiary alicyclic amines) is 1. The first-order chi connectivity index (χ1) is 10.1. The number of anilines is 2. The molecule has 1 aromatic carbocycles. The molecule has 0 radical (unpaired) electrons. The van der Waals surface area contributed by atoms with Gasteiger partial charge in [-0.05, 0) is 38.1 Å². The smallest absolute Gasteiger partial charge is 0.246 e. The van der Waals surface area contributed by atoms with E-state index in [4.69, 9.17) is 0 Å². The Hall–Kier alpha value is -1.75. The van der Waals surface area contributed by atoms with Crippen LogP contribution in [0, 0.1) is 5.92 Å². The quantitative estimate of drug-likeness (QED) is 0.880. The number of fused-ring (bicyclic) bond motifs is 1. The van der Waals surface area contributed by atoms with E-state index in [1.165, 1.54) is 6.42 Å². The summed E-state index contributed by atoms with van der Waals surface area (Å²) in [6.07, 6.45) is 1.19. The highest BCUT2D eigenvalue weighted by atomic mass is 16.2. The van der Waals surface area contributed by atoms with Crippen LogP contribution in [0.3, 0.4) is 0 Å². The van der Waals surface area contributed by atoms with E-state index in [0.29, 0.717) is 12.5 Å². The minimum Gasteiger partial charge on any atom is -0.381 e. The van der Waals surface area contributed by atoms with Gasteiger partial charge in [-0.25, -0.2) is 0 Å². The summed E-state index contributed by atoms with van der Waals surface area (Å²) in [5, 5.41) is 6.68. The van der Waals surface area contributed by atoms with Gasteiger partial charge in [0.15, 0.2) is 0 Å². The summed E-state index contributed by atoms with van der Waals surface area (Å²) in [4.78, 5) is 16.8. The predicted octanol–water partition coefficient (Wildman–Crippen LogP) is 1.30. The van der Waals surface area contributed by atoms with Gasteiger partial charge in [-0.1, -0.05) is 12.1 Å². The normalized spacial score (nSPS) is 24.9. The van der Waals surface area contributed by atoms with E-state index in [2.05, 4.69) is 22.6 Å². The van der Waals surface area contributed by atoms with Crippen molar-refractivity contribution in [1.29, 1.82) is 0 Å². The largest absolute Gasteiger partial charge is 0.381 e. The van der Waals surface area contributed by atoms with Crippen LogP contribution >= 0.6 is 0 Å². The molecule has 3 rings (SSSR count). The number of hydrogen-bond donors (Lipinski definition) is 2. The average Bonchev–Trinajstić information content (AvgIpc) is 2.91. The van der Waals surface area contributed by atoms with E-state index >= 15 is 0 Å². The van der Waals surface area contributed by atoms with Gasteiger partial charge in [-0.3, -0.25) is 4.79 Å². The number of amides is 1. The molecule has 1 saturated heterocycles. The molecule has 1 fully saturated rings. The van der Waals surface area contributed by atoms with E-state index in [1.807, 2.05) is 36.2 Å². The molecule has 5 heteroatoms.